The van der Waals surface area contributed by atoms with E-state index in [0.29, 0.717) is 5.92 Å². The molecule has 0 aromatic carbocycles. The topological polar surface area (TPSA) is 44.4 Å². The lowest BCUT2D eigenvalue weighted by atomic mass is 9.75. The van der Waals surface area contributed by atoms with Gasteiger partial charge in [0.15, 0.2) is 0 Å². The third kappa shape index (κ3) is 3.45. The molecule has 0 aliphatic carbocycles. The Labute approximate surface area is 111 Å². The van der Waals surface area contributed by atoms with Gasteiger partial charge in [0.2, 0.25) is 5.91 Å². The molecule has 1 fully saturated rings. The highest BCUT2D eigenvalue weighted by Gasteiger charge is 2.43. The van der Waals surface area contributed by atoms with Crippen LogP contribution in [0.25, 0.3) is 0 Å². The van der Waals surface area contributed by atoms with E-state index < -0.39 is 0 Å². The molecule has 1 rings (SSSR count). The second kappa shape index (κ2) is 7.10. The van der Waals surface area contributed by atoms with E-state index in [4.69, 9.17) is 0 Å². The molecule has 2 N–H and O–H groups in total. The van der Waals surface area contributed by atoms with Gasteiger partial charge in [0, 0.05) is 19.6 Å². The molecule has 1 amide bonds. The van der Waals surface area contributed by atoms with Gasteiger partial charge in [0.05, 0.1) is 5.41 Å². The van der Waals surface area contributed by atoms with Crippen molar-refractivity contribution in [3.8, 4) is 0 Å². The zero-order chi connectivity index (χ0) is 13.6. The van der Waals surface area contributed by atoms with Crippen LogP contribution in [0.3, 0.4) is 0 Å². The summed E-state index contributed by atoms with van der Waals surface area (Å²) in [6.07, 6.45) is 0.960. The first kappa shape index (κ1) is 15.4. The molecule has 1 aliphatic rings. The lowest BCUT2D eigenvalue weighted by molar-refractivity contribution is -0.132. The van der Waals surface area contributed by atoms with Crippen molar-refractivity contribution in [3.05, 3.63) is 0 Å². The van der Waals surface area contributed by atoms with Gasteiger partial charge in [0.25, 0.3) is 0 Å². The standard InChI is InChI=1S/C14H29N3O/c1-5-17(6-2)10-9-16-13(18)14(12(3)4)7-8-15-11-14/h12,15H,5-11H2,1-4H3,(H,16,18). The molecule has 4 nitrogen and oxygen atoms in total. The summed E-state index contributed by atoms with van der Waals surface area (Å²) in [5.41, 5.74) is -0.191. The van der Waals surface area contributed by atoms with Crippen LogP contribution in [0.2, 0.25) is 0 Å². The number of likely N-dealkylation sites (N-methyl/N-ethyl adjacent to an activating group) is 1. The van der Waals surface area contributed by atoms with Crippen molar-refractivity contribution < 1.29 is 4.79 Å². The van der Waals surface area contributed by atoms with E-state index >= 15 is 0 Å². The Kier molecular flexibility index (Phi) is 6.09. The molecule has 0 spiro atoms. The number of amides is 1. The van der Waals surface area contributed by atoms with Crippen LogP contribution in [0.15, 0.2) is 0 Å². The maximum absolute atomic E-state index is 12.4. The van der Waals surface area contributed by atoms with Gasteiger partial charge in [-0.1, -0.05) is 27.7 Å². The van der Waals surface area contributed by atoms with Crippen molar-refractivity contribution in [1.29, 1.82) is 0 Å². The Balaban J connectivity index is 2.43. The van der Waals surface area contributed by atoms with Crippen LogP contribution in [0.1, 0.15) is 34.1 Å². The Hall–Kier alpha value is -0.610. The van der Waals surface area contributed by atoms with Crippen LogP contribution in [0, 0.1) is 11.3 Å². The quantitative estimate of drug-likeness (QED) is 0.715. The summed E-state index contributed by atoms with van der Waals surface area (Å²) in [6, 6.07) is 0. The maximum Gasteiger partial charge on any atom is 0.227 e. The van der Waals surface area contributed by atoms with Crippen molar-refractivity contribution in [3.63, 3.8) is 0 Å². The Bertz CT molecular complexity index is 256. The van der Waals surface area contributed by atoms with Crippen molar-refractivity contribution in [2.24, 2.45) is 11.3 Å². The third-order valence-corrected chi connectivity index (χ3v) is 4.35. The molecular formula is C14H29N3O. The Morgan fingerprint density at radius 2 is 2.06 bits per heavy atom. The zero-order valence-corrected chi connectivity index (χ0v) is 12.4. The number of rotatable bonds is 7. The van der Waals surface area contributed by atoms with Crippen LogP contribution in [-0.4, -0.2) is 50.1 Å². The van der Waals surface area contributed by atoms with Crippen molar-refractivity contribution in [2.75, 3.05) is 39.3 Å². The molecule has 0 bridgehead atoms. The molecule has 1 heterocycles. The molecule has 0 saturated carbocycles. The average molecular weight is 255 g/mol. The molecule has 1 unspecified atom stereocenters. The number of carbonyl (C=O) groups is 1. The Morgan fingerprint density at radius 1 is 1.39 bits per heavy atom. The smallest absolute Gasteiger partial charge is 0.227 e. The fraction of sp³-hybridized carbons (Fsp3) is 0.929. The second-order valence-corrected chi connectivity index (χ2v) is 5.52. The van der Waals surface area contributed by atoms with Crippen LogP contribution in [0.4, 0.5) is 0 Å². The number of carbonyl (C=O) groups excluding carboxylic acids is 1. The van der Waals surface area contributed by atoms with Crippen molar-refractivity contribution in [1.82, 2.24) is 15.5 Å². The SMILES string of the molecule is CCN(CC)CCNC(=O)C1(C(C)C)CCNC1. The summed E-state index contributed by atoms with van der Waals surface area (Å²) in [7, 11) is 0. The summed E-state index contributed by atoms with van der Waals surface area (Å²) < 4.78 is 0. The van der Waals surface area contributed by atoms with Gasteiger partial charge in [-0.25, -0.2) is 0 Å². The molecule has 1 saturated heterocycles. The zero-order valence-electron chi connectivity index (χ0n) is 12.4. The minimum absolute atomic E-state index is 0.191. The van der Waals surface area contributed by atoms with Crippen LogP contribution < -0.4 is 10.6 Å². The summed E-state index contributed by atoms with van der Waals surface area (Å²) in [6.45, 7) is 14.2. The van der Waals surface area contributed by atoms with Gasteiger partial charge in [0.1, 0.15) is 0 Å². The minimum atomic E-state index is -0.191. The highest BCUT2D eigenvalue weighted by molar-refractivity contribution is 5.83. The van der Waals surface area contributed by atoms with E-state index in [-0.39, 0.29) is 11.3 Å². The predicted molar refractivity (Wildman–Crippen MR) is 75.6 cm³/mol. The van der Waals surface area contributed by atoms with Gasteiger partial charge < -0.3 is 15.5 Å². The first-order valence-corrected chi connectivity index (χ1v) is 7.28. The minimum Gasteiger partial charge on any atom is -0.354 e. The predicted octanol–water partition coefficient (Wildman–Crippen LogP) is 1.08. The largest absolute Gasteiger partial charge is 0.354 e. The summed E-state index contributed by atoms with van der Waals surface area (Å²) in [5.74, 6) is 0.621. The van der Waals surface area contributed by atoms with Gasteiger partial charge in [-0.05, 0) is 32.0 Å². The molecule has 0 aromatic heterocycles. The van der Waals surface area contributed by atoms with E-state index in [1.165, 1.54) is 0 Å². The highest BCUT2D eigenvalue weighted by atomic mass is 16.2. The number of hydrogen-bond donors (Lipinski definition) is 2. The van der Waals surface area contributed by atoms with Crippen LogP contribution in [0.5, 0.6) is 0 Å². The summed E-state index contributed by atoms with van der Waals surface area (Å²) in [5, 5.41) is 6.45. The van der Waals surface area contributed by atoms with E-state index in [1.807, 2.05) is 0 Å². The second-order valence-electron chi connectivity index (χ2n) is 5.52. The Morgan fingerprint density at radius 3 is 2.50 bits per heavy atom. The number of nitrogens with one attached hydrogen (secondary N) is 2. The monoisotopic (exact) mass is 255 g/mol. The first-order valence-electron chi connectivity index (χ1n) is 7.28. The van der Waals surface area contributed by atoms with Gasteiger partial charge in [-0.15, -0.1) is 0 Å². The molecule has 1 aliphatic heterocycles. The summed E-state index contributed by atoms with van der Waals surface area (Å²) in [4.78, 5) is 14.7. The molecule has 18 heavy (non-hydrogen) atoms. The molecule has 0 radical (unpaired) electrons. The first-order chi connectivity index (χ1) is 8.56. The third-order valence-electron chi connectivity index (χ3n) is 4.35. The van der Waals surface area contributed by atoms with E-state index in [9.17, 15) is 4.79 Å². The molecule has 4 heteroatoms. The van der Waals surface area contributed by atoms with Gasteiger partial charge in [-0.2, -0.15) is 0 Å². The molecule has 0 aromatic rings. The lowest BCUT2D eigenvalue weighted by Crippen LogP contribution is -2.47. The maximum atomic E-state index is 12.4. The normalized spacial score (nSPS) is 23.9. The van der Waals surface area contributed by atoms with Crippen molar-refractivity contribution >= 4 is 5.91 Å². The van der Waals surface area contributed by atoms with E-state index in [0.717, 1.165) is 45.7 Å². The lowest BCUT2D eigenvalue weighted by Gasteiger charge is -2.31. The average Bonchev–Trinajstić information content (AvgIpc) is 2.85. The number of hydrogen-bond acceptors (Lipinski definition) is 3. The van der Waals surface area contributed by atoms with Crippen molar-refractivity contribution in [2.45, 2.75) is 34.1 Å². The van der Waals surface area contributed by atoms with Crippen LogP contribution >= 0.6 is 0 Å². The van der Waals surface area contributed by atoms with Gasteiger partial charge >= 0.3 is 0 Å². The molecule has 106 valence electrons. The highest BCUT2D eigenvalue weighted by Crippen LogP contribution is 2.34. The fourth-order valence-electron chi connectivity index (χ4n) is 2.70. The van der Waals surface area contributed by atoms with Gasteiger partial charge in [-0.3, -0.25) is 4.79 Å². The molecular weight excluding hydrogens is 226 g/mol. The van der Waals surface area contributed by atoms with E-state index in [2.05, 4.69) is 43.2 Å². The number of nitrogens with zero attached hydrogens (tertiary/aromatic N) is 1. The molecule has 1 atom stereocenters. The van der Waals surface area contributed by atoms with Crippen LogP contribution in [-0.2, 0) is 4.79 Å². The fourth-order valence-corrected chi connectivity index (χ4v) is 2.70. The van der Waals surface area contributed by atoms with E-state index in [1.54, 1.807) is 0 Å². The summed E-state index contributed by atoms with van der Waals surface area (Å²) >= 11 is 0.